The number of nitrogens with zero attached hydrogens (tertiary/aromatic N) is 2. The van der Waals surface area contributed by atoms with Gasteiger partial charge in [0.05, 0.1) is 23.5 Å². The zero-order valence-electron chi connectivity index (χ0n) is 16.7. The molecule has 1 fully saturated rings. The van der Waals surface area contributed by atoms with E-state index in [9.17, 15) is 19.1 Å². The summed E-state index contributed by atoms with van der Waals surface area (Å²) in [5.41, 5.74) is 1.40. The first-order valence-electron chi connectivity index (χ1n) is 9.14. The van der Waals surface area contributed by atoms with Crippen molar-refractivity contribution < 1.29 is 23.9 Å². The van der Waals surface area contributed by atoms with Gasteiger partial charge in [-0.25, -0.2) is 9.45 Å². The Hall–Kier alpha value is -2.71. The Bertz CT molecular complexity index is 879. The SMILES string of the molecule is CC.CC(=O)c1cc(C(=O)N2CC(O)CO2)c(Nc2ccc(C)cc2F)n1C. The number of aryl methyl sites for hydroxylation is 1. The van der Waals surface area contributed by atoms with Gasteiger partial charge in [0.2, 0.25) is 0 Å². The number of hydrogen-bond donors (Lipinski definition) is 2. The summed E-state index contributed by atoms with van der Waals surface area (Å²) in [6, 6.07) is 6.11. The average molecular weight is 391 g/mol. The van der Waals surface area contributed by atoms with Crippen LogP contribution in [0, 0.1) is 12.7 Å². The van der Waals surface area contributed by atoms with Gasteiger partial charge in [-0.15, -0.1) is 0 Å². The van der Waals surface area contributed by atoms with Gasteiger partial charge < -0.3 is 15.0 Å². The third-order valence-corrected chi connectivity index (χ3v) is 4.23. The standard InChI is InChI=1S/C18H20FN3O4.C2H6/c1-10-4-5-15(14(19)6-10)20-17-13(7-16(11(2)23)21(17)3)18(25)22-8-12(24)9-26-22;1-2/h4-7,12,20,24H,8-9H2,1-3H3;1-2H3. The van der Waals surface area contributed by atoms with Crippen LogP contribution < -0.4 is 5.32 Å². The molecule has 7 nitrogen and oxygen atoms in total. The second-order valence-electron chi connectivity index (χ2n) is 6.33. The predicted octanol–water partition coefficient (Wildman–Crippen LogP) is 3.19. The van der Waals surface area contributed by atoms with E-state index in [0.29, 0.717) is 5.69 Å². The summed E-state index contributed by atoms with van der Waals surface area (Å²) >= 11 is 0. The van der Waals surface area contributed by atoms with E-state index in [1.165, 1.54) is 23.6 Å². The predicted molar refractivity (Wildman–Crippen MR) is 104 cm³/mol. The number of Topliss-reactive ketones (excluding diaryl/α,β-unsaturated/α-hetero) is 1. The van der Waals surface area contributed by atoms with Crippen molar-refractivity contribution in [3.8, 4) is 0 Å². The Balaban J connectivity index is 0.00000136. The van der Waals surface area contributed by atoms with Gasteiger partial charge in [0.1, 0.15) is 24.3 Å². The Morgan fingerprint density at radius 1 is 1.29 bits per heavy atom. The third-order valence-electron chi connectivity index (χ3n) is 4.23. The van der Waals surface area contributed by atoms with Crippen LogP contribution in [0.5, 0.6) is 0 Å². The Morgan fingerprint density at radius 3 is 2.50 bits per heavy atom. The maximum absolute atomic E-state index is 14.2. The van der Waals surface area contributed by atoms with Gasteiger partial charge in [-0.05, 0) is 30.7 Å². The van der Waals surface area contributed by atoms with Crippen LogP contribution in [-0.2, 0) is 11.9 Å². The molecule has 2 aromatic rings. The highest BCUT2D eigenvalue weighted by atomic mass is 19.1. The molecule has 1 saturated heterocycles. The first-order valence-corrected chi connectivity index (χ1v) is 9.14. The average Bonchev–Trinajstić information content (AvgIpc) is 3.23. The van der Waals surface area contributed by atoms with E-state index < -0.39 is 17.8 Å². The molecule has 1 aromatic heterocycles. The Kier molecular flexibility index (Phi) is 6.93. The van der Waals surface area contributed by atoms with E-state index in [-0.39, 0.29) is 36.0 Å². The van der Waals surface area contributed by atoms with E-state index in [1.54, 1.807) is 26.1 Å². The molecule has 2 heterocycles. The summed E-state index contributed by atoms with van der Waals surface area (Å²) in [4.78, 5) is 29.8. The Labute approximate surface area is 163 Å². The van der Waals surface area contributed by atoms with Crippen molar-refractivity contribution in [3.63, 3.8) is 0 Å². The number of hydrogen-bond acceptors (Lipinski definition) is 5. The number of aliphatic hydroxyl groups is 1. The van der Waals surface area contributed by atoms with Crippen LogP contribution in [0.25, 0.3) is 0 Å². The second-order valence-corrected chi connectivity index (χ2v) is 6.33. The fraction of sp³-hybridized carbons (Fsp3) is 0.400. The third kappa shape index (κ3) is 4.40. The van der Waals surface area contributed by atoms with Gasteiger partial charge in [0, 0.05) is 14.0 Å². The normalized spacial score (nSPS) is 15.8. The zero-order chi connectivity index (χ0) is 21.0. The van der Waals surface area contributed by atoms with Crippen LogP contribution >= 0.6 is 0 Å². The molecule has 28 heavy (non-hydrogen) atoms. The van der Waals surface area contributed by atoms with E-state index in [1.807, 2.05) is 13.8 Å². The maximum Gasteiger partial charge on any atom is 0.281 e. The highest BCUT2D eigenvalue weighted by Crippen LogP contribution is 2.28. The van der Waals surface area contributed by atoms with E-state index in [4.69, 9.17) is 4.84 Å². The topological polar surface area (TPSA) is 83.8 Å². The molecule has 0 saturated carbocycles. The van der Waals surface area contributed by atoms with Crippen LogP contribution in [0.4, 0.5) is 15.9 Å². The number of carbonyl (C=O) groups excluding carboxylic acids is 2. The number of amides is 1. The number of β-amino-alcohol motifs (C(OH)–C–C–N with tert-alkyl or cyclic N) is 1. The highest BCUT2D eigenvalue weighted by molar-refractivity contribution is 6.04. The summed E-state index contributed by atoms with van der Waals surface area (Å²) < 4.78 is 15.7. The second kappa shape index (κ2) is 8.99. The lowest BCUT2D eigenvalue weighted by atomic mass is 10.2. The van der Waals surface area contributed by atoms with E-state index >= 15 is 0 Å². The molecule has 0 bridgehead atoms. The monoisotopic (exact) mass is 391 g/mol. The minimum Gasteiger partial charge on any atom is -0.389 e. The van der Waals surface area contributed by atoms with Gasteiger partial charge in [-0.3, -0.25) is 14.4 Å². The summed E-state index contributed by atoms with van der Waals surface area (Å²) in [6.07, 6.45) is -0.763. The minimum absolute atomic E-state index is 0.0213. The number of ketones is 1. The Morgan fingerprint density at radius 2 is 1.96 bits per heavy atom. The molecule has 0 aliphatic carbocycles. The smallest absolute Gasteiger partial charge is 0.281 e. The molecule has 0 spiro atoms. The number of benzene rings is 1. The number of aliphatic hydroxyl groups excluding tert-OH is 1. The number of carbonyl (C=O) groups is 2. The van der Waals surface area contributed by atoms with Crippen LogP contribution in [0.3, 0.4) is 0 Å². The van der Waals surface area contributed by atoms with Gasteiger partial charge >= 0.3 is 0 Å². The van der Waals surface area contributed by atoms with Crippen molar-refractivity contribution in [3.05, 3.63) is 46.9 Å². The summed E-state index contributed by atoms with van der Waals surface area (Å²) in [5.74, 6) is -0.948. The lowest BCUT2D eigenvalue weighted by Crippen LogP contribution is -2.28. The van der Waals surface area contributed by atoms with Gasteiger partial charge in [-0.2, -0.15) is 0 Å². The van der Waals surface area contributed by atoms with Crippen LogP contribution in [0.2, 0.25) is 0 Å². The van der Waals surface area contributed by atoms with Crippen molar-refractivity contribution >= 4 is 23.2 Å². The number of nitrogens with one attached hydrogen (secondary N) is 1. The number of hydroxylamine groups is 2. The number of aromatic nitrogens is 1. The molecule has 152 valence electrons. The summed E-state index contributed by atoms with van der Waals surface area (Å²) in [6.45, 7) is 7.21. The van der Waals surface area contributed by atoms with Gasteiger partial charge in [0.15, 0.2) is 5.78 Å². The first kappa shape index (κ1) is 21.6. The first-order chi connectivity index (χ1) is 13.3. The maximum atomic E-state index is 14.2. The summed E-state index contributed by atoms with van der Waals surface area (Å²) in [5, 5.41) is 13.5. The van der Waals surface area contributed by atoms with Crippen LogP contribution in [0.15, 0.2) is 24.3 Å². The van der Waals surface area contributed by atoms with Crippen molar-refractivity contribution in [1.82, 2.24) is 9.63 Å². The lowest BCUT2D eigenvalue weighted by molar-refractivity contribution is -0.0779. The fourth-order valence-electron chi connectivity index (χ4n) is 2.85. The number of anilines is 2. The lowest BCUT2D eigenvalue weighted by Gasteiger charge is -2.16. The quantitative estimate of drug-likeness (QED) is 0.782. The van der Waals surface area contributed by atoms with Crippen molar-refractivity contribution in [2.45, 2.75) is 33.8 Å². The molecule has 1 amide bonds. The molecule has 1 unspecified atom stereocenters. The summed E-state index contributed by atoms with van der Waals surface area (Å²) in [7, 11) is 1.61. The van der Waals surface area contributed by atoms with Gasteiger partial charge in [0.25, 0.3) is 5.91 Å². The van der Waals surface area contributed by atoms with Crippen molar-refractivity contribution in [1.29, 1.82) is 0 Å². The van der Waals surface area contributed by atoms with Crippen LogP contribution in [0.1, 0.15) is 47.2 Å². The molecule has 3 rings (SSSR count). The zero-order valence-corrected chi connectivity index (χ0v) is 16.7. The number of rotatable bonds is 4. The highest BCUT2D eigenvalue weighted by Gasteiger charge is 2.31. The van der Waals surface area contributed by atoms with E-state index in [2.05, 4.69) is 5.32 Å². The molecular weight excluding hydrogens is 365 g/mol. The molecule has 1 aliphatic rings. The molecule has 0 radical (unpaired) electrons. The van der Waals surface area contributed by atoms with Crippen molar-refractivity contribution in [2.24, 2.45) is 7.05 Å². The number of halogens is 1. The molecular formula is C20H26FN3O4. The van der Waals surface area contributed by atoms with Crippen molar-refractivity contribution in [2.75, 3.05) is 18.5 Å². The minimum atomic E-state index is -0.763. The largest absolute Gasteiger partial charge is 0.389 e. The van der Waals surface area contributed by atoms with Gasteiger partial charge in [-0.1, -0.05) is 19.9 Å². The molecule has 8 heteroatoms. The molecule has 1 aromatic carbocycles. The van der Waals surface area contributed by atoms with Crippen LogP contribution in [-0.4, -0.2) is 45.7 Å². The molecule has 1 aliphatic heterocycles. The molecule has 2 N–H and O–H groups in total. The fourth-order valence-corrected chi connectivity index (χ4v) is 2.85. The van der Waals surface area contributed by atoms with E-state index in [0.717, 1.165) is 10.6 Å². The molecule has 1 atom stereocenters.